The number of benzene rings is 1. The van der Waals surface area contributed by atoms with Crippen molar-refractivity contribution < 1.29 is 9.53 Å². The van der Waals surface area contributed by atoms with Gasteiger partial charge in [0.05, 0.1) is 17.8 Å². The molecule has 0 saturated heterocycles. The van der Waals surface area contributed by atoms with E-state index in [0.29, 0.717) is 22.2 Å². The number of fused-ring (bicyclic) bond motifs is 3. The molecule has 0 bridgehead atoms. The molecule has 0 atom stereocenters. The van der Waals surface area contributed by atoms with Crippen LogP contribution in [0.2, 0.25) is 5.02 Å². The summed E-state index contributed by atoms with van der Waals surface area (Å²) < 4.78 is 6.94. The van der Waals surface area contributed by atoms with Crippen LogP contribution in [-0.2, 0) is 19.9 Å². The first-order valence-electron chi connectivity index (χ1n) is 7.86. The quantitative estimate of drug-likeness (QED) is 0.749. The van der Waals surface area contributed by atoms with E-state index in [1.165, 1.54) is 10.4 Å². The van der Waals surface area contributed by atoms with Gasteiger partial charge < -0.3 is 10.1 Å². The summed E-state index contributed by atoms with van der Waals surface area (Å²) >= 11 is 7.88. The summed E-state index contributed by atoms with van der Waals surface area (Å²) in [6.45, 7) is 0. The van der Waals surface area contributed by atoms with E-state index in [9.17, 15) is 4.79 Å². The number of aryl methyl sites for hydroxylation is 2. The molecular weight excluding hydrogens is 358 g/mol. The molecule has 1 amide bonds. The summed E-state index contributed by atoms with van der Waals surface area (Å²) in [7, 11) is 3.44. The van der Waals surface area contributed by atoms with E-state index >= 15 is 0 Å². The number of hydrogen-bond acceptors (Lipinski definition) is 4. The SMILES string of the molecule is COc1ccc(NC(=O)c2nn(C)c3c2CCc2sccc2-3)cc1Cl. The molecule has 1 aromatic carbocycles. The summed E-state index contributed by atoms with van der Waals surface area (Å²) in [5, 5.41) is 9.89. The molecule has 0 spiro atoms. The van der Waals surface area contributed by atoms with Gasteiger partial charge in [0.2, 0.25) is 0 Å². The maximum atomic E-state index is 12.8. The highest BCUT2D eigenvalue weighted by Gasteiger charge is 2.27. The van der Waals surface area contributed by atoms with Crippen LogP contribution in [0.4, 0.5) is 5.69 Å². The zero-order valence-electron chi connectivity index (χ0n) is 13.8. The van der Waals surface area contributed by atoms with Crippen molar-refractivity contribution in [2.45, 2.75) is 12.8 Å². The lowest BCUT2D eigenvalue weighted by atomic mass is 9.94. The van der Waals surface area contributed by atoms with Gasteiger partial charge in [0, 0.05) is 28.7 Å². The maximum absolute atomic E-state index is 12.8. The first kappa shape index (κ1) is 16.2. The van der Waals surface area contributed by atoms with Crippen LogP contribution in [0.5, 0.6) is 5.75 Å². The van der Waals surface area contributed by atoms with Gasteiger partial charge >= 0.3 is 0 Å². The van der Waals surface area contributed by atoms with Crippen molar-refractivity contribution in [3.63, 3.8) is 0 Å². The Morgan fingerprint density at radius 1 is 1.36 bits per heavy atom. The highest BCUT2D eigenvalue weighted by atomic mass is 35.5. The minimum absolute atomic E-state index is 0.225. The molecular formula is C18H16ClN3O2S. The van der Waals surface area contributed by atoms with Gasteiger partial charge in [0.15, 0.2) is 5.69 Å². The normalized spacial score (nSPS) is 12.4. The fourth-order valence-corrected chi connectivity index (χ4v) is 4.38. The number of hydrogen-bond donors (Lipinski definition) is 1. The van der Waals surface area contributed by atoms with Gasteiger partial charge in [0.25, 0.3) is 5.91 Å². The van der Waals surface area contributed by atoms with Crippen molar-refractivity contribution in [3.8, 4) is 17.0 Å². The highest BCUT2D eigenvalue weighted by Crippen LogP contribution is 2.38. The van der Waals surface area contributed by atoms with Crippen molar-refractivity contribution in [2.24, 2.45) is 7.05 Å². The van der Waals surface area contributed by atoms with Crippen LogP contribution in [0.3, 0.4) is 0 Å². The third-order valence-electron chi connectivity index (χ3n) is 4.37. The lowest BCUT2D eigenvalue weighted by Gasteiger charge is -2.14. The summed E-state index contributed by atoms with van der Waals surface area (Å²) in [6.07, 6.45) is 1.77. The molecule has 3 aromatic rings. The fourth-order valence-electron chi connectivity index (χ4n) is 3.24. The molecule has 2 heterocycles. The highest BCUT2D eigenvalue weighted by molar-refractivity contribution is 7.10. The summed E-state index contributed by atoms with van der Waals surface area (Å²) in [5.41, 5.74) is 4.32. The molecule has 0 unspecified atom stereocenters. The number of nitrogens with one attached hydrogen (secondary N) is 1. The number of rotatable bonds is 3. The van der Waals surface area contributed by atoms with Gasteiger partial charge in [-0.25, -0.2) is 0 Å². The number of amides is 1. The van der Waals surface area contributed by atoms with E-state index in [1.807, 2.05) is 7.05 Å². The Hall–Kier alpha value is -2.31. The van der Waals surface area contributed by atoms with E-state index in [0.717, 1.165) is 24.1 Å². The molecule has 128 valence electrons. The predicted molar refractivity (Wildman–Crippen MR) is 99.9 cm³/mol. The molecule has 1 aliphatic rings. The average molecular weight is 374 g/mol. The van der Waals surface area contributed by atoms with Crippen molar-refractivity contribution in [1.82, 2.24) is 9.78 Å². The van der Waals surface area contributed by atoms with Crippen LogP contribution < -0.4 is 10.1 Å². The second-order valence-electron chi connectivity index (χ2n) is 5.86. The van der Waals surface area contributed by atoms with Crippen LogP contribution in [0, 0.1) is 0 Å². The van der Waals surface area contributed by atoms with Crippen molar-refractivity contribution >= 4 is 34.5 Å². The summed E-state index contributed by atoms with van der Waals surface area (Å²) in [4.78, 5) is 14.1. The minimum atomic E-state index is -0.225. The predicted octanol–water partition coefficient (Wildman–Crippen LogP) is 4.16. The smallest absolute Gasteiger partial charge is 0.276 e. The molecule has 4 rings (SSSR count). The van der Waals surface area contributed by atoms with E-state index in [4.69, 9.17) is 16.3 Å². The van der Waals surface area contributed by atoms with Crippen LogP contribution in [0.25, 0.3) is 11.3 Å². The minimum Gasteiger partial charge on any atom is -0.495 e. The van der Waals surface area contributed by atoms with Gasteiger partial charge in [-0.3, -0.25) is 9.48 Å². The van der Waals surface area contributed by atoms with Gasteiger partial charge in [0.1, 0.15) is 5.75 Å². The zero-order valence-corrected chi connectivity index (χ0v) is 15.4. The monoisotopic (exact) mass is 373 g/mol. The molecule has 1 N–H and O–H groups in total. The number of anilines is 1. The van der Waals surface area contributed by atoms with E-state index in [-0.39, 0.29) is 5.91 Å². The van der Waals surface area contributed by atoms with Crippen molar-refractivity contribution in [1.29, 1.82) is 0 Å². The van der Waals surface area contributed by atoms with Crippen molar-refractivity contribution in [3.05, 3.63) is 50.8 Å². The largest absolute Gasteiger partial charge is 0.495 e. The first-order valence-corrected chi connectivity index (χ1v) is 9.11. The molecule has 0 radical (unpaired) electrons. The lowest BCUT2D eigenvalue weighted by Crippen LogP contribution is -2.15. The van der Waals surface area contributed by atoms with Crippen molar-refractivity contribution in [2.75, 3.05) is 12.4 Å². The Labute approximate surface area is 154 Å². The first-order chi connectivity index (χ1) is 12.1. The Morgan fingerprint density at radius 2 is 2.20 bits per heavy atom. The third-order valence-corrected chi connectivity index (χ3v) is 5.65. The number of carbonyl (C=O) groups is 1. The number of thiophene rings is 1. The molecule has 5 nitrogen and oxygen atoms in total. The molecule has 0 aliphatic heterocycles. The molecule has 7 heteroatoms. The Bertz CT molecular complexity index is 977. The van der Waals surface area contributed by atoms with Gasteiger partial charge in [-0.1, -0.05) is 11.6 Å². The lowest BCUT2D eigenvalue weighted by molar-refractivity contribution is 0.102. The van der Waals surface area contributed by atoms with E-state index in [1.54, 1.807) is 41.3 Å². The molecule has 0 fully saturated rings. The van der Waals surface area contributed by atoms with Crippen LogP contribution in [-0.4, -0.2) is 22.8 Å². The number of ether oxygens (including phenoxy) is 1. The molecule has 0 saturated carbocycles. The number of nitrogens with zero attached hydrogens (tertiary/aromatic N) is 2. The molecule has 1 aliphatic carbocycles. The number of aromatic nitrogens is 2. The molecule has 2 aromatic heterocycles. The van der Waals surface area contributed by atoms with Gasteiger partial charge in [-0.2, -0.15) is 5.10 Å². The van der Waals surface area contributed by atoms with Crippen LogP contribution >= 0.6 is 22.9 Å². The summed E-state index contributed by atoms with van der Waals surface area (Å²) in [5.74, 6) is 0.344. The van der Waals surface area contributed by atoms with Crippen LogP contribution in [0.15, 0.2) is 29.6 Å². The Balaban J connectivity index is 1.66. The zero-order chi connectivity index (χ0) is 17.6. The number of carbonyl (C=O) groups excluding carboxylic acids is 1. The van der Waals surface area contributed by atoms with E-state index in [2.05, 4.69) is 21.9 Å². The maximum Gasteiger partial charge on any atom is 0.276 e. The topological polar surface area (TPSA) is 56.1 Å². The summed E-state index contributed by atoms with van der Waals surface area (Å²) in [6, 6.07) is 7.26. The second-order valence-corrected chi connectivity index (χ2v) is 7.27. The Kier molecular flexibility index (Phi) is 4.01. The van der Waals surface area contributed by atoms with E-state index < -0.39 is 0 Å². The fraction of sp³-hybridized carbons (Fsp3) is 0.222. The standard InChI is InChI=1S/C18H16ClN3O2S/c1-22-17-11-7-8-25-15(11)6-4-12(17)16(21-22)18(23)20-10-3-5-14(24-2)13(19)9-10/h3,5,7-9H,4,6H2,1-2H3,(H,20,23). The third kappa shape index (κ3) is 2.71. The second kappa shape index (κ2) is 6.20. The van der Waals surface area contributed by atoms with Gasteiger partial charge in [-0.05, 0) is 42.5 Å². The van der Waals surface area contributed by atoms with Crippen LogP contribution in [0.1, 0.15) is 20.9 Å². The number of methoxy groups -OCH3 is 1. The average Bonchev–Trinajstić information content (AvgIpc) is 3.19. The number of halogens is 1. The molecule has 25 heavy (non-hydrogen) atoms. The Morgan fingerprint density at radius 3 is 2.96 bits per heavy atom. The van der Waals surface area contributed by atoms with Gasteiger partial charge in [-0.15, -0.1) is 11.3 Å².